The van der Waals surface area contributed by atoms with Crippen molar-refractivity contribution in [3.8, 4) is 0 Å². The van der Waals surface area contributed by atoms with E-state index in [9.17, 15) is 9.59 Å². The highest BCUT2D eigenvalue weighted by Crippen LogP contribution is 2.34. The van der Waals surface area contributed by atoms with E-state index in [4.69, 9.17) is 0 Å². The number of thiophene rings is 1. The molecule has 0 spiro atoms. The average molecular weight is 293 g/mol. The van der Waals surface area contributed by atoms with Gasteiger partial charge in [-0.05, 0) is 30.8 Å². The number of nitrogens with one attached hydrogen (secondary N) is 1. The van der Waals surface area contributed by atoms with Crippen molar-refractivity contribution in [2.24, 2.45) is 0 Å². The molecule has 1 N–H and O–H groups in total. The van der Waals surface area contributed by atoms with Crippen molar-refractivity contribution in [1.29, 1.82) is 0 Å². The van der Waals surface area contributed by atoms with Crippen LogP contribution in [0.1, 0.15) is 23.8 Å². The molecule has 3 heterocycles. The molecule has 1 aromatic rings. The number of piperazine rings is 1. The van der Waals surface area contributed by atoms with Gasteiger partial charge in [0.05, 0.1) is 13.1 Å². The second-order valence-corrected chi connectivity index (χ2v) is 6.29. The van der Waals surface area contributed by atoms with Crippen LogP contribution in [-0.2, 0) is 9.59 Å². The van der Waals surface area contributed by atoms with E-state index in [0.717, 1.165) is 19.4 Å². The second-order valence-electron chi connectivity index (χ2n) is 5.31. The molecule has 2 fully saturated rings. The molecule has 20 heavy (non-hydrogen) atoms. The minimum absolute atomic E-state index is 0.0548. The van der Waals surface area contributed by atoms with Gasteiger partial charge in [0, 0.05) is 24.0 Å². The van der Waals surface area contributed by atoms with E-state index in [1.807, 2.05) is 0 Å². The lowest BCUT2D eigenvalue weighted by atomic mass is 10.2. The van der Waals surface area contributed by atoms with Gasteiger partial charge in [0.25, 0.3) is 0 Å². The molecular formula is C14H19N3O2S. The Kier molecular flexibility index (Phi) is 4.03. The first kappa shape index (κ1) is 13.6. The van der Waals surface area contributed by atoms with E-state index in [1.165, 1.54) is 4.88 Å². The summed E-state index contributed by atoms with van der Waals surface area (Å²) >= 11 is 1.76. The summed E-state index contributed by atoms with van der Waals surface area (Å²) < 4.78 is 0. The van der Waals surface area contributed by atoms with E-state index in [2.05, 4.69) is 27.7 Å². The van der Waals surface area contributed by atoms with Gasteiger partial charge in [-0.1, -0.05) is 6.07 Å². The molecule has 0 aliphatic carbocycles. The van der Waals surface area contributed by atoms with Crippen LogP contribution < -0.4 is 5.32 Å². The van der Waals surface area contributed by atoms with Gasteiger partial charge in [-0.15, -0.1) is 11.3 Å². The van der Waals surface area contributed by atoms with E-state index in [1.54, 1.807) is 16.2 Å². The predicted octanol–water partition coefficient (Wildman–Crippen LogP) is 0.843. The molecule has 0 aromatic carbocycles. The van der Waals surface area contributed by atoms with Crippen LogP contribution in [0.4, 0.5) is 0 Å². The standard InChI is InChI=1S/C14H19N3O2S/c18-13-9-17(7-5-15-13)14(19)10-16-6-1-3-11(16)12-4-2-8-20-12/h2,4,8,11H,1,3,5-7,9-10H2,(H,15,18). The zero-order valence-corrected chi connectivity index (χ0v) is 12.2. The van der Waals surface area contributed by atoms with Crippen LogP contribution in [0.5, 0.6) is 0 Å². The lowest BCUT2D eigenvalue weighted by Gasteiger charge is -2.30. The van der Waals surface area contributed by atoms with Crippen molar-refractivity contribution in [2.75, 3.05) is 32.7 Å². The maximum absolute atomic E-state index is 12.3. The number of amides is 2. The highest BCUT2D eigenvalue weighted by Gasteiger charge is 2.30. The Balaban J connectivity index is 1.61. The summed E-state index contributed by atoms with van der Waals surface area (Å²) in [4.78, 5) is 28.9. The van der Waals surface area contributed by atoms with Crippen LogP contribution in [0.15, 0.2) is 17.5 Å². The first-order valence-electron chi connectivity index (χ1n) is 7.06. The smallest absolute Gasteiger partial charge is 0.239 e. The summed E-state index contributed by atoms with van der Waals surface area (Å²) in [5.74, 6) is 0.0177. The molecule has 2 aliphatic heterocycles. The summed E-state index contributed by atoms with van der Waals surface area (Å²) in [7, 11) is 0. The minimum Gasteiger partial charge on any atom is -0.353 e. The van der Waals surface area contributed by atoms with Gasteiger partial charge < -0.3 is 10.2 Å². The quantitative estimate of drug-likeness (QED) is 0.898. The lowest BCUT2D eigenvalue weighted by molar-refractivity contribution is -0.139. The fourth-order valence-electron chi connectivity index (χ4n) is 2.94. The first-order chi connectivity index (χ1) is 9.74. The normalized spacial score (nSPS) is 23.9. The van der Waals surface area contributed by atoms with Gasteiger partial charge in [0.2, 0.25) is 11.8 Å². The molecule has 6 heteroatoms. The molecule has 1 unspecified atom stereocenters. The van der Waals surface area contributed by atoms with Gasteiger partial charge in [0.15, 0.2) is 0 Å². The summed E-state index contributed by atoms with van der Waals surface area (Å²) in [6.45, 7) is 2.79. The third-order valence-corrected chi connectivity index (χ3v) is 4.94. The number of rotatable bonds is 3. The van der Waals surface area contributed by atoms with Gasteiger partial charge >= 0.3 is 0 Å². The van der Waals surface area contributed by atoms with Gasteiger partial charge in [0.1, 0.15) is 0 Å². The number of nitrogens with zero attached hydrogens (tertiary/aromatic N) is 2. The molecule has 3 rings (SSSR count). The van der Waals surface area contributed by atoms with Crippen molar-refractivity contribution < 1.29 is 9.59 Å². The summed E-state index contributed by atoms with van der Waals surface area (Å²) in [6.07, 6.45) is 2.25. The van der Waals surface area contributed by atoms with E-state index < -0.39 is 0 Å². The van der Waals surface area contributed by atoms with Crippen LogP contribution in [0.3, 0.4) is 0 Å². The fraction of sp³-hybridized carbons (Fsp3) is 0.571. The molecule has 5 nitrogen and oxygen atoms in total. The number of hydrogen-bond donors (Lipinski definition) is 1. The topological polar surface area (TPSA) is 52.7 Å². The van der Waals surface area contributed by atoms with Crippen molar-refractivity contribution in [1.82, 2.24) is 15.1 Å². The van der Waals surface area contributed by atoms with Crippen LogP contribution >= 0.6 is 11.3 Å². The van der Waals surface area contributed by atoms with E-state index in [-0.39, 0.29) is 18.4 Å². The molecule has 1 atom stereocenters. The molecule has 1 aromatic heterocycles. The third-order valence-electron chi connectivity index (χ3n) is 3.96. The SMILES string of the molecule is O=C1CN(C(=O)CN2CCCC2c2cccs2)CCN1. The number of likely N-dealkylation sites (tertiary alicyclic amines) is 1. The summed E-state index contributed by atoms with van der Waals surface area (Å²) in [5, 5.41) is 4.83. The van der Waals surface area contributed by atoms with Crippen LogP contribution in [-0.4, -0.2) is 54.3 Å². The highest BCUT2D eigenvalue weighted by atomic mass is 32.1. The zero-order chi connectivity index (χ0) is 13.9. The molecule has 0 saturated carbocycles. The molecule has 2 saturated heterocycles. The summed E-state index contributed by atoms with van der Waals surface area (Å²) in [6, 6.07) is 4.58. The summed E-state index contributed by atoms with van der Waals surface area (Å²) in [5.41, 5.74) is 0. The van der Waals surface area contributed by atoms with Gasteiger partial charge in [-0.25, -0.2) is 0 Å². The zero-order valence-electron chi connectivity index (χ0n) is 11.4. The van der Waals surface area contributed by atoms with Crippen LogP contribution in [0, 0.1) is 0 Å². The molecule has 2 aliphatic rings. The Hall–Kier alpha value is -1.40. The highest BCUT2D eigenvalue weighted by molar-refractivity contribution is 7.10. The maximum atomic E-state index is 12.3. The van der Waals surface area contributed by atoms with E-state index >= 15 is 0 Å². The molecular weight excluding hydrogens is 274 g/mol. The lowest BCUT2D eigenvalue weighted by Crippen LogP contribution is -2.52. The molecule has 2 amide bonds. The van der Waals surface area contributed by atoms with E-state index in [0.29, 0.717) is 25.7 Å². The number of carbonyl (C=O) groups is 2. The second kappa shape index (κ2) is 5.93. The Morgan fingerprint density at radius 1 is 1.45 bits per heavy atom. The Morgan fingerprint density at radius 2 is 2.35 bits per heavy atom. The van der Waals surface area contributed by atoms with Gasteiger partial charge in [-0.2, -0.15) is 0 Å². The predicted molar refractivity (Wildman–Crippen MR) is 77.5 cm³/mol. The first-order valence-corrected chi connectivity index (χ1v) is 7.94. The van der Waals surface area contributed by atoms with Crippen LogP contribution in [0.25, 0.3) is 0 Å². The molecule has 0 radical (unpaired) electrons. The maximum Gasteiger partial charge on any atom is 0.239 e. The number of carbonyl (C=O) groups excluding carboxylic acids is 2. The number of hydrogen-bond acceptors (Lipinski definition) is 4. The fourth-order valence-corrected chi connectivity index (χ4v) is 3.84. The Bertz CT molecular complexity index is 489. The van der Waals surface area contributed by atoms with Crippen molar-refractivity contribution in [3.05, 3.63) is 22.4 Å². The monoisotopic (exact) mass is 293 g/mol. The average Bonchev–Trinajstić information content (AvgIpc) is 3.08. The van der Waals surface area contributed by atoms with Crippen LogP contribution in [0.2, 0.25) is 0 Å². The largest absolute Gasteiger partial charge is 0.353 e. The van der Waals surface area contributed by atoms with Gasteiger partial charge in [-0.3, -0.25) is 14.5 Å². The van der Waals surface area contributed by atoms with Crippen molar-refractivity contribution >= 4 is 23.2 Å². The molecule has 0 bridgehead atoms. The third kappa shape index (κ3) is 2.86. The van der Waals surface area contributed by atoms with Crippen molar-refractivity contribution in [2.45, 2.75) is 18.9 Å². The Morgan fingerprint density at radius 3 is 3.10 bits per heavy atom. The molecule has 108 valence electrons. The Labute approximate surface area is 122 Å². The van der Waals surface area contributed by atoms with Crippen molar-refractivity contribution in [3.63, 3.8) is 0 Å². The minimum atomic E-state index is -0.0548.